The van der Waals surface area contributed by atoms with Crippen LogP contribution in [-0.4, -0.2) is 23.8 Å². The molecule has 2 N–H and O–H groups in total. The molecule has 0 saturated heterocycles. The normalized spacial score (nSPS) is 11.4. The summed E-state index contributed by atoms with van der Waals surface area (Å²) in [6.07, 6.45) is 2.69. The van der Waals surface area contributed by atoms with E-state index in [0.29, 0.717) is 17.7 Å². The largest absolute Gasteiger partial charge is 0.445 e. The van der Waals surface area contributed by atoms with Crippen LogP contribution in [-0.2, 0) is 16.1 Å². The molecule has 0 bridgehead atoms. The fourth-order valence-electron chi connectivity index (χ4n) is 2.79. The minimum absolute atomic E-state index is 0.0388. The van der Waals surface area contributed by atoms with Gasteiger partial charge in [0, 0.05) is 11.3 Å². The quantitative estimate of drug-likeness (QED) is 0.450. The highest BCUT2D eigenvalue weighted by molar-refractivity contribution is 5.98. The lowest BCUT2D eigenvalue weighted by atomic mass is 10.1. The standard InChI is InChI=1S/C23H28N2O4/c1-3-4-6-11-21(25-23(28)29-16-18-9-7-5-8-10-18)22(27)24-20-14-12-19(13-15-20)17(2)26/h5,7-10,12-15,21H,3-4,6,11,16H2,1-2H3,(H,24,27)(H,25,28)/t21-/m0/s1. The number of anilines is 1. The number of nitrogens with one attached hydrogen (secondary N) is 2. The van der Waals surface area contributed by atoms with Gasteiger partial charge in [-0.1, -0.05) is 56.5 Å². The summed E-state index contributed by atoms with van der Waals surface area (Å²) >= 11 is 0. The van der Waals surface area contributed by atoms with E-state index >= 15 is 0 Å². The van der Waals surface area contributed by atoms with Gasteiger partial charge in [-0.05, 0) is 43.2 Å². The van der Waals surface area contributed by atoms with Crippen LogP contribution in [0.2, 0.25) is 0 Å². The van der Waals surface area contributed by atoms with Crippen LogP contribution < -0.4 is 10.6 Å². The van der Waals surface area contributed by atoms with Crippen molar-refractivity contribution in [1.82, 2.24) is 5.32 Å². The van der Waals surface area contributed by atoms with E-state index in [2.05, 4.69) is 17.6 Å². The van der Waals surface area contributed by atoms with Crippen LogP contribution in [0.1, 0.15) is 55.5 Å². The van der Waals surface area contributed by atoms with Crippen molar-refractivity contribution >= 4 is 23.5 Å². The molecule has 0 aromatic heterocycles. The first-order chi connectivity index (χ1) is 14.0. The molecule has 6 heteroatoms. The third-order valence-corrected chi connectivity index (χ3v) is 4.48. The van der Waals surface area contributed by atoms with Gasteiger partial charge < -0.3 is 15.4 Å². The number of unbranched alkanes of at least 4 members (excludes halogenated alkanes) is 2. The molecule has 2 aromatic carbocycles. The summed E-state index contributed by atoms with van der Waals surface area (Å²) in [5.74, 6) is -0.350. The Hall–Kier alpha value is -3.15. The molecular formula is C23H28N2O4. The van der Waals surface area contributed by atoms with Crippen LogP contribution in [0.15, 0.2) is 54.6 Å². The number of ketones is 1. The van der Waals surface area contributed by atoms with Gasteiger partial charge >= 0.3 is 6.09 Å². The van der Waals surface area contributed by atoms with Crippen LogP contribution in [0.3, 0.4) is 0 Å². The highest BCUT2D eigenvalue weighted by Crippen LogP contribution is 2.12. The van der Waals surface area contributed by atoms with Crippen molar-refractivity contribution < 1.29 is 19.1 Å². The van der Waals surface area contributed by atoms with Crippen LogP contribution in [0.4, 0.5) is 10.5 Å². The second kappa shape index (κ2) is 11.6. The van der Waals surface area contributed by atoms with Crippen molar-refractivity contribution in [1.29, 1.82) is 0 Å². The maximum absolute atomic E-state index is 12.7. The van der Waals surface area contributed by atoms with Crippen LogP contribution in [0.25, 0.3) is 0 Å². The number of Topliss-reactive ketones (excluding diaryl/α,β-unsaturated/α-hetero) is 1. The van der Waals surface area contributed by atoms with Crippen LogP contribution >= 0.6 is 0 Å². The zero-order chi connectivity index (χ0) is 21.1. The molecule has 0 unspecified atom stereocenters. The Morgan fingerprint density at radius 1 is 0.966 bits per heavy atom. The van der Waals surface area contributed by atoms with Gasteiger partial charge in [0.05, 0.1) is 0 Å². The molecule has 0 aliphatic heterocycles. The summed E-state index contributed by atoms with van der Waals surface area (Å²) in [5, 5.41) is 5.46. The SMILES string of the molecule is CCCCC[C@H](NC(=O)OCc1ccccc1)C(=O)Nc1ccc(C(C)=O)cc1. The van der Waals surface area contributed by atoms with E-state index in [-0.39, 0.29) is 18.3 Å². The number of benzene rings is 2. The predicted octanol–water partition coefficient (Wildman–Crippen LogP) is 4.70. The minimum Gasteiger partial charge on any atom is -0.445 e. The van der Waals surface area contributed by atoms with E-state index in [1.807, 2.05) is 30.3 Å². The molecule has 0 fully saturated rings. The van der Waals surface area contributed by atoms with Crippen molar-refractivity contribution in [3.8, 4) is 0 Å². The van der Waals surface area contributed by atoms with Gasteiger partial charge in [0.15, 0.2) is 5.78 Å². The second-order valence-corrected chi connectivity index (χ2v) is 6.88. The summed E-state index contributed by atoms with van der Waals surface area (Å²) in [5.41, 5.74) is 2.02. The van der Waals surface area contributed by atoms with Gasteiger partial charge in [0.25, 0.3) is 0 Å². The molecule has 6 nitrogen and oxygen atoms in total. The molecule has 0 aliphatic carbocycles. The Balaban J connectivity index is 1.95. The minimum atomic E-state index is -0.697. The van der Waals surface area contributed by atoms with E-state index in [1.54, 1.807) is 24.3 Å². The molecule has 2 rings (SSSR count). The van der Waals surface area contributed by atoms with Crippen molar-refractivity contribution in [3.63, 3.8) is 0 Å². The number of carbonyl (C=O) groups excluding carboxylic acids is 3. The third kappa shape index (κ3) is 7.78. The Bertz CT molecular complexity index is 803. The molecule has 1 atom stereocenters. The molecule has 2 aromatic rings. The number of ether oxygens (including phenoxy) is 1. The van der Waals surface area contributed by atoms with Gasteiger partial charge in [-0.25, -0.2) is 4.79 Å². The summed E-state index contributed by atoms with van der Waals surface area (Å²) < 4.78 is 5.24. The van der Waals surface area contributed by atoms with Gasteiger partial charge in [0.1, 0.15) is 12.6 Å². The number of carbonyl (C=O) groups is 3. The summed E-state index contributed by atoms with van der Waals surface area (Å²) in [6, 6.07) is 15.3. The van der Waals surface area contributed by atoms with E-state index in [0.717, 1.165) is 24.8 Å². The number of rotatable bonds is 10. The van der Waals surface area contributed by atoms with Gasteiger partial charge in [-0.3, -0.25) is 9.59 Å². The summed E-state index contributed by atoms with van der Waals surface area (Å²) in [6.45, 7) is 3.71. The first kappa shape index (κ1) is 22.1. The second-order valence-electron chi connectivity index (χ2n) is 6.88. The Morgan fingerprint density at radius 2 is 1.66 bits per heavy atom. The number of amides is 2. The first-order valence-electron chi connectivity index (χ1n) is 9.88. The maximum Gasteiger partial charge on any atom is 0.408 e. The molecule has 29 heavy (non-hydrogen) atoms. The molecule has 0 spiro atoms. The van der Waals surface area contributed by atoms with Crippen molar-refractivity contribution in [2.45, 2.75) is 52.2 Å². The Labute approximate surface area is 171 Å². The van der Waals surface area contributed by atoms with Crippen molar-refractivity contribution in [3.05, 3.63) is 65.7 Å². The predicted molar refractivity (Wildman–Crippen MR) is 113 cm³/mol. The lowest BCUT2D eigenvalue weighted by Gasteiger charge is -2.18. The monoisotopic (exact) mass is 396 g/mol. The topological polar surface area (TPSA) is 84.5 Å². The maximum atomic E-state index is 12.7. The lowest BCUT2D eigenvalue weighted by Crippen LogP contribution is -2.44. The average Bonchev–Trinajstić information content (AvgIpc) is 2.72. The third-order valence-electron chi connectivity index (χ3n) is 4.48. The molecule has 0 heterocycles. The summed E-state index contributed by atoms with van der Waals surface area (Å²) in [7, 11) is 0. The van der Waals surface area contributed by atoms with Gasteiger partial charge in [-0.15, -0.1) is 0 Å². The Kier molecular flexibility index (Phi) is 8.89. The lowest BCUT2D eigenvalue weighted by molar-refractivity contribution is -0.118. The molecule has 0 radical (unpaired) electrons. The molecule has 0 aliphatic rings. The van der Waals surface area contributed by atoms with E-state index in [9.17, 15) is 14.4 Å². The highest BCUT2D eigenvalue weighted by Gasteiger charge is 2.21. The molecule has 154 valence electrons. The van der Waals surface area contributed by atoms with Gasteiger partial charge in [-0.2, -0.15) is 0 Å². The summed E-state index contributed by atoms with van der Waals surface area (Å²) in [4.78, 5) is 36.2. The van der Waals surface area contributed by atoms with Crippen LogP contribution in [0, 0.1) is 0 Å². The zero-order valence-corrected chi connectivity index (χ0v) is 16.9. The fraction of sp³-hybridized carbons (Fsp3) is 0.348. The number of hydrogen-bond donors (Lipinski definition) is 2. The van der Waals surface area contributed by atoms with E-state index in [1.165, 1.54) is 6.92 Å². The zero-order valence-electron chi connectivity index (χ0n) is 16.9. The number of alkyl carbamates (subject to hydrolysis) is 1. The highest BCUT2D eigenvalue weighted by atomic mass is 16.5. The first-order valence-corrected chi connectivity index (χ1v) is 9.88. The van der Waals surface area contributed by atoms with Crippen LogP contribution in [0.5, 0.6) is 0 Å². The fourth-order valence-corrected chi connectivity index (χ4v) is 2.79. The van der Waals surface area contributed by atoms with Crippen molar-refractivity contribution in [2.24, 2.45) is 0 Å². The number of hydrogen-bond acceptors (Lipinski definition) is 4. The average molecular weight is 396 g/mol. The van der Waals surface area contributed by atoms with Gasteiger partial charge in [0.2, 0.25) is 5.91 Å². The van der Waals surface area contributed by atoms with Crippen molar-refractivity contribution in [2.75, 3.05) is 5.32 Å². The molecule has 0 saturated carbocycles. The Morgan fingerprint density at radius 3 is 2.28 bits per heavy atom. The molecular weight excluding hydrogens is 368 g/mol. The smallest absolute Gasteiger partial charge is 0.408 e. The van der Waals surface area contributed by atoms with E-state index in [4.69, 9.17) is 4.74 Å². The van der Waals surface area contributed by atoms with E-state index < -0.39 is 12.1 Å². The molecule has 2 amide bonds.